The SMILES string of the molecule is Nc1c(-n2cnc3ccccc32)cccc1S(N)(=O)=O. The Balaban J connectivity index is 2.31. The number of nitrogen functional groups attached to an aromatic ring is 1. The van der Waals surface area contributed by atoms with Gasteiger partial charge in [0.1, 0.15) is 11.2 Å². The first-order valence-corrected chi connectivity index (χ1v) is 7.37. The zero-order chi connectivity index (χ0) is 14.3. The number of primary sulfonamides is 1. The van der Waals surface area contributed by atoms with Crippen molar-refractivity contribution in [3.8, 4) is 5.69 Å². The van der Waals surface area contributed by atoms with Crippen molar-refractivity contribution in [2.75, 3.05) is 5.73 Å². The number of rotatable bonds is 2. The smallest absolute Gasteiger partial charge is 0.240 e. The molecule has 1 heterocycles. The molecule has 1 aromatic heterocycles. The van der Waals surface area contributed by atoms with Crippen molar-refractivity contribution >= 4 is 26.7 Å². The van der Waals surface area contributed by atoms with Gasteiger partial charge in [-0.3, -0.25) is 4.57 Å². The molecular formula is C13H12N4O2S. The molecule has 102 valence electrons. The maximum absolute atomic E-state index is 11.5. The maximum Gasteiger partial charge on any atom is 0.240 e. The first kappa shape index (κ1) is 12.6. The van der Waals surface area contributed by atoms with E-state index in [1.165, 1.54) is 6.07 Å². The van der Waals surface area contributed by atoms with Crippen LogP contribution in [0.2, 0.25) is 0 Å². The van der Waals surface area contributed by atoms with Gasteiger partial charge >= 0.3 is 0 Å². The van der Waals surface area contributed by atoms with Crippen LogP contribution in [0.15, 0.2) is 53.7 Å². The molecule has 0 amide bonds. The fraction of sp³-hybridized carbons (Fsp3) is 0. The largest absolute Gasteiger partial charge is 0.396 e. The number of aromatic nitrogens is 2. The van der Waals surface area contributed by atoms with Crippen LogP contribution < -0.4 is 10.9 Å². The van der Waals surface area contributed by atoms with Crippen molar-refractivity contribution in [2.45, 2.75) is 4.90 Å². The summed E-state index contributed by atoms with van der Waals surface area (Å²) in [5.74, 6) is 0. The summed E-state index contributed by atoms with van der Waals surface area (Å²) in [5, 5.41) is 5.16. The maximum atomic E-state index is 11.5. The van der Waals surface area contributed by atoms with Crippen LogP contribution in [-0.4, -0.2) is 18.0 Å². The van der Waals surface area contributed by atoms with E-state index in [9.17, 15) is 8.42 Å². The van der Waals surface area contributed by atoms with Gasteiger partial charge in [-0.05, 0) is 24.3 Å². The summed E-state index contributed by atoms with van der Waals surface area (Å²) in [6, 6.07) is 12.2. The van der Waals surface area contributed by atoms with Gasteiger partial charge in [-0.2, -0.15) is 0 Å². The molecule has 0 saturated carbocycles. The van der Waals surface area contributed by atoms with Crippen LogP contribution in [0.4, 0.5) is 5.69 Å². The van der Waals surface area contributed by atoms with Crippen LogP contribution in [0.1, 0.15) is 0 Å². The first-order chi connectivity index (χ1) is 9.48. The van der Waals surface area contributed by atoms with Crippen LogP contribution in [-0.2, 0) is 10.0 Å². The highest BCUT2D eigenvalue weighted by Crippen LogP contribution is 2.27. The third-order valence-corrected chi connectivity index (χ3v) is 4.03. The lowest BCUT2D eigenvalue weighted by Gasteiger charge is -2.11. The number of para-hydroxylation sites is 3. The van der Waals surface area contributed by atoms with E-state index in [2.05, 4.69) is 4.98 Å². The summed E-state index contributed by atoms with van der Waals surface area (Å²) in [6.07, 6.45) is 1.60. The van der Waals surface area contributed by atoms with Crippen molar-refractivity contribution in [1.82, 2.24) is 9.55 Å². The molecule has 3 rings (SSSR count). The van der Waals surface area contributed by atoms with E-state index in [0.29, 0.717) is 5.69 Å². The number of anilines is 1. The summed E-state index contributed by atoms with van der Waals surface area (Å²) >= 11 is 0. The Kier molecular flexibility index (Phi) is 2.73. The quantitative estimate of drug-likeness (QED) is 0.692. The van der Waals surface area contributed by atoms with E-state index in [4.69, 9.17) is 10.9 Å². The number of hydrogen-bond acceptors (Lipinski definition) is 4. The number of sulfonamides is 1. The lowest BCUT2D eigenvalue weighted by Crippen LogP contribution is -2.15. The van der Waals surface area contributed by atoms with E-state index in [-0.39, 0.29) is 10.6 Å². The number of benzene rings is 2. The summed E-state index contributed by atoms with van der Waals surface area (Å²) in [5.41, 5.74) is 8.22. The lowest BCUT2D eigenvalue weighted by atomic mass is 10.2. The van der Waals surface area contributed by atoms with Crippen molar-refractivity contribution in [2.24, 2.45) is 5.14 Å². The normalized spacial score (nSPS) is 11.8. The van der Waals surface area contributed by atoms with Crippen LogP contribution in [0.5, 0.6) is 0 Å². The van der Waals surface area contributed by atoms with Crippen molar-refractivity contribution < 1.29 is 8.42 Å². The molecule has 3 aromatic rings. The van der Waals surface area contributed by atoms with Gasteiger partial charge in [-0.15, -0.1) is 0 Å². The summed E-state index contributed by atoms with van der Waals surface area (Å²) in [6.45, 7) is 0. The molecule has 2 aromatic carbocycles. The molecule has 0 saturated heterocycles. The van der Waals surface area contributed by atoms with Gasteiger partial charge < -0.3 is 5.73 Å². The molecular weight excluding hydrogens is 276 g/mol. The highest BCUT2D eigenvalue weighted by Gasteiger charge is 2.16. The Morgan fingerprint density at radius 2 is 1.80 bits per heavy atom. The molecule has 0 spiro atoms. The predicted molar refractivity (Wildman–Crippen MR) is 76.9 cm³/mol. The highest BCUT2D eigenvalue weighted by molar-refractivity contribution is 7.89. The Morgan fingerprint density at radius 3 is 2.55 bits per heavy atom. The zero-order valence-corrected chi connectivity index (χ0v) is 11.2. The van der Waals surface area contributed by atoms with Gasteiger partial charge in [0.15, 0.2) is 0 Å². The van der Waals surface area contributed by atoms with Crippen LogP contribution in [0, 0.1) is 0 Å². The molecule has 6 nitrogen and oxygen atoms in total. The fourth-order valence-electron chi connectivity index (χ4n) is 2.14. The molecule has 0 aliphatic rings. The first-order valence-electron chi connectivity index (χ1n) is 5.82. The number of imidazole rings is 1. The fourth-order valence-corrected chi connectivity index (χ4v) is 2.82. The number of fused-ring (bicyclic) bond motifs is 1. The summed E-state index contributed by atoms with van der Waals surface area (Å²) in [4.78, 5) is 4.16. The van der Waals surface area contributed by atoms with Crippen LogP contribution >= 0.6 is 0 Å². The topological polar surface area (TPSA) is 104 Å². The van der Waals surface area contributed by atoms with Gasteiger partial charge in [-0.25, -0.2) is 18.5 Å². The second-order valence-corrected chi connectivity index (χ2v) is 5.87. The van der Waals surface area contributed by atoms with Gasteiger partial charge in [0.05, 0.1) is 22.4 Å². The molecule has 7 heteroatoms. The average molecular weight is 288 g/mol. The van der Waals surface area contributed by atoms with Gasteiger partial charge in [0.25, 0.3) is 0 Å². The molecule has 0 aliphatic heterocycles. The monoisotopic (exact) mass is 288 g/mol. The zero-order valence-electron chi connectivity index (χ0n) is 10.4. The molecule has 0 atom stereocenters. The molecule has 20 heavy (non-hydrogen) atoms. The third-order valence-electron chi connectivity index (χ3n) is 3.06. The van der Waals surface area contributed by atoms with Crippen molar-refractivity contribution in [3.05, 3.63) is 48.8 Å². The third kappa shape index (κ3) is 1.93. The molecule has 4 N–H and O–H groups in total. The van der Waals surface area contributed by atoms with Crippen LogP contribution in [0.3, 0.4) is 0 Å². The second kappa shape index (κ2) is 4.32. The number of nitrogens with zero attached hydrogens (tertiary/aromatic N) is 2. The van der Waals surface area contributed by atoms with E-state index in [0.717, 1.165) is 11.0 Å². The van der Waals surface area contributed by atoms with E-state index in [1.54, 1.807) is 23.0 Å². The second-order valence-electron chi connectivity index (χ2n) is 4.34. The molecule has 0 fully saturated rings. The minimum atomic E-state index is -3.86. The average Bonchev–Trinajstić information content (AvgIpc) is 2.81. The van der Waals surface area contributed by atoms with Crippen molar-refractivity contribution in [3.63, 3.8) is 0 Å². The lowest BCUT2D eigenvalue weighted by molar-refractivity contribution is 0.598. The minimum Gasteiger partial charge on any atom is -0.396 e. The Hall–Kier alpha value is -2.38. The Morgan fingerprint density at radius 1 is 1.05 bits per heavy atom. The van der Waals surface area contributed by atoms with E-state index >= 15 is 0 Å². The van der Waals surface area contributed by atoms with Gasteiger partial charge in [-0.1, -0.05) is 18.2 Å². The summed E-state index contributed by atoms with van der Waals surface area (Å²) < 4.78 is 24.8. The van der Waals surface area contributed by atoms with Gasteiger partial charge in [0.2, 0.25) is 10.0 Å². The molecule has 0 radical (unpaired) electrons. The summed E-state index contributed by atoms with van der Waals surface area (Å²) in [7, 11) is -3.86. The minimum absolute atomic E-state index is 0.0900. The Labute approximate surface area is 115 Å². The molecule has 0 unspecified atom stereocenters. The van der Waals surface area contributed by atoms with E-state index in [1.807, 2.05) is 24.3 Å². The number of hydrogen-bond donors (Lipinski definition) is 2. The molecule has 0 bridgehead atoms. The Bertz CT molecular complexity index is 900. The number of nitrogens with two attached hydrogens (primary N) is 2. The van der Waals surface area contributed by atoms with Crippen LogP contribution in [0.25, 0.3) is 16.7 Å². The highest BCUT2D eigenvalue weighted by atomic mass is 32.2. The van der Waals surface area contributed by atoms with E-state index < -0.39 is 10.0 Å². The van der Waals surface area contributed by atoms with Gasteiger partial charge in [0, 0.05) is 0 Å². The molecule has 0 aliphatic carbocycles. The van der Waals surface area contributed by atoms with Crippen molar-refractivity contribution in [1.29, 1.82) is 0 Å². The standard InChI is InChI=1S/C13H12N4O2S/c14-13-11(6-3-7-12(13)20(15,18)19)17-8-16-9-4-1-2-5-10(9)17/h1-8H,14H2,(H2,15,18,19). The predicted octanol–water partition coefficient (Wildman–Crippen LogP) is 1.26.